The van der Waals surface area contributed by atoms with Crippen LogP contribution in [0.5, 0.6) is 5.88 Å². The summed E-state index contributed by atoms with van der Waals surface area (Å²) < 4.78 is 21.4. The Bertz CT molecular complexity index is 1510. The third-order valence-corrected chi connectivity index (χ3v) is 7.88. The van der Waals surface area contributed by atoms with Crippen molar-refractivity contribution in [1.29, 1.82) is 0 Å². The minimum Gasteiger partial charge on any atom is -0.474 e. The molecule has 1 aliphatic carbocycles. The maximum absolute atomic E-state index is 13.5. The van der Waals surface area contributed by atoms with E-state index in [2.05, 4.69) is 15.1 Å². The molecule has 0 radical (unpaired) electrons. The molecular weight excluding hydrogens is 497 g/mol. The van der Waals surface area contributed by atoms with Crippen LogP contribution in [0.1, 0.15) is 41.9 Å². The van der Waals surface area contributed by atoms with Crippen molar-refractivity contribution in [2.45, 2.75) is 38.8 Å². The normalized spacial score (nSPS) is 21.4. The van der Waals surface area contributed by atoms with E-state index in [4.69, 9.17) is 15.5 Å². The second-order valence-corrected chi connectivity index (χ2v) is 10.6. The van der Waals surface area contributed by atoms with Crippen LogP contribution in [0, 0.1) is 24.6 Å². The Kier molecular flexibility index (Phi) is 6.14. The Morgan fingerprint density at radius 3 is 2.51 bits per heavy atom. The molecule has 10 heteroatoms. The molecule has 4 aromatic rings. The molecule has 2 fully saturated rings. The van der Waals surface area contributed by atoms with E-state index in [1.807, 2.05) is 37.8 Å². The molecule has 1 aliphatic heterocycles. The van der Waals surface area contributed by atoms with Gasteiger partial charge in [0.2, 0.25) is 11.8 Å². The number of aromatic nitrogens is 5. The predicted molar refractivity (Wildman–Crippen MR) is 143 cm³/mol. The number of likely N-dealkylation sites (tertiary alicyclic amines) is 1. The average molecular weight is 528 g/mol. The summed E-state index contributed by atoms with van der Waals surface area (Å²) in [5, 5.41) is 4.43. The van der Waals surface area contributed by atoms with Crippen LogP contribution < -0.4 is 10.5 Å². The average Bonchev–Trinajstić information content (AvgIpc) is 3.25. The van der Waals surface area contributed by atoms with Gasteiger partial charge in [0.05, 0.1) is 17.0 Å². The number of ether oxygens (including phenoxy) is 1. The smallest absolute Gasteiger partial charge is 0.257 e. The van der Waals surface area contributed by atoms with Gasteiger partial charge in [-0.15, -0.1) is 0 Å². The zero-order chi connectivity index (χ0) is 27.3. The summed E-state index contributed by atoms with van der Waals surface area (Å²) in [6, 6.07) is 11.8. The quantitative estimate of drug-likeness (QED) is 0.388. The van der Waals surface area contributed by atoms with Gasteiger partial charge in [-0.2, -0.15) is 5.10 Å². The molecule has 0 bridgehead atoms. The summed E-state index contributed by atoms with van der Waals surface area (Å²) >= 11 is 0. The number of hydrogen-bond donors (Lipinski definition) is 1. The standard InChI is InChI=1S/C29H30FN7O2/c1-4-29(3,31)19-12-24(18-6-8-20(30)9-7-18)34-25(13-19)39-26-22-14-36(15-23(22)26)27(38)21-16-37(35-17(21)2)28-32-10-5-11-33-28/h5-13,16,22-23,26H,4,14-15,31H2,1-3H3/t22-,23+,26?,29?. The maximum atomic E-state index is 13.5. The minimum absolute atomic E-state index is 0.0231. The summed E-state index contributed by atoms with van der Waals surface area (Å²) in [6.07, 6.45) is 5.67. The Balaban J connectivity index is 1.17. The molecule has 3 aromatic heterocycles. The molecule has 39 heavy (non-hydrogen) atoms. The number of aryl methyl sites for hydroxylation is 1. The Morgan fingerprint density at radius 2 is 1.85 bits per heavy atom. The number of nitrogens with two attached hydrogens (primary N) is 1. The lowest BCUT2D eigenvalue weighted by atomic mass is 9.90. The molecule has 1 saturated carbocycles. The van der Waals surface area contributed by atoms with E-state index >= 15 is 0 Å². The second-order valence-electron chi connectivity index (χ2n) is 10.6. The molecule has 1 amide bonds. The van der Waals surface area contributed by atoms with Gasteiger partial charge in [0, 0.05) is 60.7 Å². The molecule has 1 aromatic carbocycles. The number of amides is 1. The van der Waals surface area contributed by atoms with Crippen molar-refractivity contribution in [2.75, 3.05) is 13.1 Å². The van der Waals surface area contributed by atoms with Crippen LogP contribution in [0.2, 0.25) is 0 Å². The van der Waals surface area contributed by atoms with Gasteiger partial charge in [0.1, 0.15) is 11.9 Å². The molecule has 200 valence electrons. The fourth-order valence-corrected chi connectivity index (χ4v) is 5.17. The highest BCUT2D eigenvalue weighted by atomic mass is 19.1. The van der Waals surface area contributed by atoms with Crippen LogP contribution in [0.3, 0.4) is 0 Å². The molecular formula is C29H30FN7O2. The molecule has 1 saturated heterocycles. The van der Waals surface area contributed by atoms with Crippen molar-refractivity contribution >= 4 is 5.91 Å². The van der Waals surface area contributed by atoms with Crippen LogP contribution >= 0.6 is 0 Å². The molecule has 4 atom stereocenters. The van der Waals surface area contributed by atoms with E-state index in [9.17, 15) is 9.18 Å². The fourth-order valence-electron chi connectivity index (χ4n) is 5.17. The molecule has 2 N–H and O–H groups in total. The van der Waals surface area contributed by atoms with Crippen molar-refractivity contribution in [3.63, 3.8) is 0 Å². The highest BCUT2D eigenvalue weighted by Crippen LogP contribution is 2.48. The first-order valence-corrected chi connectivity index (χ1v) is 13.1. The Labute approximate surface area is 225 Å². The fraction of sp³-hybridized carbons (Fsp3) is 0.345. The van der Waals surface area contributed by atoms with E-state index in [0.29, 0.717) is 41.9 Å². The number of fused-ring (bicyclic) bond motifs is 1. The largest absolute Gasteiger partial charge is 0.474 e. The van der Waals surface area contributed by atoms with E-state index in [1.54, 1.807) is 36.8 Å². The zero-order valence-electron chi connectivity index (χ0n) is 22.1. The first-order valence-electron chi connectivity index (χ1n) is 13.1. The topological polar surface area (TPSA) is 112 Å². The highest BCUT2D eigenvalue weighted by molar-refractivity contribution is 5.95. The first kappa shape index (κ1) is 25.1. The van der Waals surface area contributed by atoms with Gasteiger partial charge >= 0.3 is 0 Å². The second kappa shape index (κ2) is 9.53. The third kappa shape index (κ3) is 4.76. The van der Waals surface area contributed by atoms with Crippen molar-refractivity contribution in [2.24, 2.45) is 17.6 Å². The summed E-state index contributed by atoms with van der Waals surface area (Å²) in [6.45, 7) is 7.04. The van der Waals surface area contributed by atoms with Gasteiger partial charge in [-0.3, -0.25) is 4.79 Å². The van der Waals surface area contributed by atoms with Crippen molar-refractivity contribution in [3.05, 3.63) is 83.7 Å². The molecule has 6 rings (SSSR count). The number of rotatable bonds is 7. The lowest BCUT2D eigenvalue weighted by Gasteiger charge is -2.25. The van der Waals surface area contributed by atoms with Gasteiger partial charge in [-0.05, 0) is 62.2 Å². The number of hydrogen-bond acceptors (Lipinski definition) is 7. The monoisotopic (exact) mass is 527 g/mol. The number of carbonyl (C=O) groups excluding carboxylic acids is 1. The third-order valence-electron chi connectivity index (χ3n) is 7.88. The van der Waals surface area contributed by atoms with Crippen molar-refractivity contribution < 1.29 is 13.9 Å². The van der Waals surface area contributed by atoms with Crippen LogP contribution in [-0.2, 0) is 5.54 Å². The molecule has 2 aliphatic rings. The summed E-state index contributed by atoms with van der Waals surface area (Å²) in [5.41, 5.74) is 9.57. The number of carbonyl (C=O) groups is 1. The zero-order valence-corrected chi connectivity index (χ0v) is 22.1. The molecule has 9 nitrogen and oxygen atoms in total. The lowest BCUT2D eigenvalue weighted by Crippen LogP contribution is -2.34. The van der Waals surface area contributed by atoms with Gasteiger partial charge in [0.15, 0.2) is 0 Å². The van der Waals surface area contributed by atoms with Crippen molar-refractivity contribution in [3.8, 4) is 23.1 Å². The highest BCUT2D eigenvalue weighted by Gasteiger charge is 2.59. The SMILES string of the molecule is CCC(C)(N)c1cc(OC2[C@H]3CN(C(=O)c4cn(-c5ncccn5)nc4C)C[C@@H]23)nc(-c2ccc(F)cc2)c1. The summed E-state index contributed by atoms with van der Waals surface area (Å²) in [7, 11) is 0. The number of halogens is 1. The van der Waals surface area contributed by atoms with E-state index in [1.165, 1.54) is 16.8 Å². The molecule has 0 spiro atoms. The first-order chi connectivity index (χ1) is 18.7. The summed E-state index contributed by atoms with van der Waals surface area (Å²) in [4.78, 5) is 28.3. The number of piperidine rings is 1. The Hall–Kier alpha value is -4.18. The minimum atomic E-state index is -0.564. The predicted octanol–water partition coefficient (Wildman–Crippen LogP) is 3.91. The van der Waals surface area contributed by atoms with Crippen LogP contribution in [0.4, 0.5) is 4.39 Å². The number of nitrogens with zero attached hydrogens (tertiary/aromatic N) is 6. The van der Waals surface area contributed by atoms with Gasteiger partial charge < -0.3 is 15.4 Å². The Morgan fingerprint density at radius 1 is 1.15 bits per heavy atom. The molecule has 4 heterocycles. The van der Waals surface area contributed by atoms with E-state index < -0.39 is 5.54 Å². The van der Waals surface area contributed by atoms with Gasteiger partial charge in [-0.1, -0.05) is 6.92 Å². The van der Waals surface area contributed by atoms with Crippen LogP contribution in [-0.4, -0.2) is 54.7 Å². The van der Waals surface area contributed by atoms with Crippen molar-refractivity contribution in [1.82, 2.24) is 29.6 Å². The van der Waals surface area contributed by atoms with Crippen LogP contribution in [0.15, 0.2) is 61.1 Å². The van der Waals surface area contributed by atoms with Gasteiger partial charge in [-0.25, -0.2) is 24.0 Å². The summed E-state index contributed by atoms with van der Waals surface area (Å²) in [5.74, 6) is 1.03. The number of pyridine rings is 1. The van der Waals surface area contributed by atoms with E-state index in [0.717, 1.165) is 17.5 Å². The van der Waals surface area contributed by atoms with E-state index in [-0.39, 0.29) is 29.7 Å². The molecule has 2 unspecified atom stereocenters. The number of benzene rings is 1. The lowest BCUT2D eigenvalue weighted by molar-refractivity contribution is 0.0751. The van der Waals surface area contributed by atoms with Gasteiger partial charge in [0.25, 0.3) is 5.91 Å². The van der Waals surface area contributed by atoms with Crippen LogP contribution in [0.25, 0.3) is 17.2 Å². The maximum Gasteiger partial charge on any atom is 0.257 e.